The van der Waals surface area contributed by atoms with Crippen LogP contribution in [0.3, 0.4) is 0 Å². The van der Waals surface area contributed by atoms with Crippen molar-refractivity contribution in [3.8, 4) is 5.75 Å². The summed E-state index contributed by atoms with van der Waals surface area (Å²) in [4.78, 5) is 0. The van der Waals surface area contributed by atoms with E-state index in [1.54, 1.807) is 0 Å². The van der Waals surface area contributed by atoms with Crippen LogP contribution in [0.1, 0.15) is 35.4 Å². The van der Waals surface area contributed by atoms with Gasteiger partial charge in [-0.3, -0.25) is 4.68 Å². The van der Waals surface area contributed by atoms with E-state index in [0.717, 1.165) is 37.7 Å². The molecule has 0 aliphatic carbocycles. The number of benzene rings is 1. The van der Waals surface area contributed by atoms with Crippen LogP contribution in [0, 0.1) is 13.8 Å². The maximum absolute atomic E-state index is 5.77. The van der Waals surface area contributed by atoms with Crippen LogP contribution < -0.4 is 10.1 Å². The molecule has 1 atom stereocenters. The average Bonchev–Trinajstić information content (AvgIpc) is 3.01. The monoisotopic (exact) mass is 285 g/mol. The van der Waals surface area contributed by atoms with Crippen LogP contribution in [0.4, 0.5) is 0 Å². The van der Waals surface area contributed by atoms with Crippen LogP contribution in [-0.4, -0.2) is 22.9 Å². The molecule has 0 fully saturated rings. The minimum absolute atomic E-state index is 0.395. The highest BCUT2D eigenvalue weighted by molar-refractivity contribution is 5.39. The van der Waals surface area contributed by atoms with Gasteiger partial charge in [-0.15, -0.1) is 0 Å². The molecule has 4 nitrogen and oxygen atoms in total. The van der Waals surface area contributed by atoms with Gasteiger partial charge in [0.1, 0.15) is 5.75 Å². The quantitative estimate of drug-likeness (QED) is 0.918. The van der Waals surface area contributed by atoms with Crippen molar-refractivity contribution in [1.29, 1.82) is 0 Å². The van der Waals surface area contributed by atoms with Crippen molar-refractivity contribution >= 4 is 0 Å². The van der Waals surface area contributed by atoms with Gasteiger partial charge in [-0.2, -0.15) is 5.10 Å². The van der Waals surface area contributed by atoms with Gasteiger partial charge in [0.2, 0.25) is 0 Å². The van der Waals surface area contributed by atoms with E-state index in [1.165, 1.54) is 16.8 Å². The van der Waals surface area contributed by atoms with Gasteiger partial charge in [-0.25, -0.2) is 0 Å². The Kier molecular flexibility index (Phi) is 3.97. The van der Waals surface area contributed by atoms with Gasteiger partial charge in [-0.1, -0.05) is 25.1 Å². The van der Waals surface area contributed by atoms with E-state index in [9.17, 15) is 0 Å². The number of para-hydroxylation sites is 1. The number of fused-ring (bicyclic) bond motifs is 1. The summed E-state index contributed by atoms with van der Waals surface area (Å²) in [7, 11) is 0. The van der Waals surface area contributed by atoms with Gasteiger partial charge in [-0.05, 0) is 26.5 Å². The van der Waals surface area contributed by atoms with E-state index in [4.69, 9.17) is 9.84 Å². The van der Waals surface area contributed by atoms with Gasteiger partial charge in [0, 0.05) is 29.3 Å². The van der Waals surface area contributed by atoms with Gasteiger partial charge in [0.25, 0.3) is 0 Å². The Bertz CT molecular complexity index is 633. The predicted octanol–water partition coefficient (Wildman–Crippen LogP) is 2.79. The number of rotatable bonds is 5. The Balaban J connectivity index is 1.80. The largest absolute Gasteiger partial charge is 0.493 e. The topological polar surface area (TPSA) is 39.1 Å². The number of nitrogens with zero attached hydrogens (tertiary/aromatic N) is 2. The van der Waals surface area contributed by atoms with Crippen molar-refractivity contribution in [3.05, 3.63) is 46.8 Å². The van der Waals surface area contributed by atoms with Crippen LogP contribution in [0.25, 0.3) is 0 Å². The molecule has 3 rings (SSSR count). The zero-order valence-corrected chi connectivity index (χ0v) is 13.0. The molecule has 0 saturated heterocycles. The third kappa shape index (κ3) is 2.68. The van der Waals surface area contributed by atoms with Crippen molar-refractivity contribution in [1.82, 2.24) is 15.1 Å². The summed E-state index contributed by atoms with van der Waals surface area (Å²) in [6.45, 7) is 9.89. The molecule has 1 aromatic heterocycles. The second-order valence-corrected chi connectivity index (χ2v) is 5.66. The van der Waals surface area contributed by atoms with Crippen molar-refractivity contribution in [3.63, 3.8) is 0 Å². The highest BCUT2D eigenvalue weighted by Crippen LogP contribution is 2.34. The van der Waals surface area contributed by atoms with Gasteiger partial charge >= 0.3 is 0 Å². The van der Waals surface area contributed by atoms with Gasteiger partial charge in [0.15, 0.2) is 0 Å². The highest BCUT2D eigenvalue weighted by atomic mass is 16.5. The molecule has 1 aliphatic heterocycles. The zero-order chi connectivity index (χ0) is 14.8. The second-order valence-electron chi connectivity index (χ2n) is 5.66. The van der Waals surface area contributed by atoms with Crippen molar-refractivity contribution < 1.29 is 4.74 Å². The fourth-order valence-corrected chi connectivity index (χ4v) is 3.01. The van der Waals surface area contributed by atoms with E-state index in [1.807, 2.05) is 12.1 Å². The van der Waals surface area contributed by atoms with Crippen LogP contribution in [0.15, 0.2) is 24.3 Å². The van der Waals surface area contributed by atoms with E-state index in [0.29, 0.717) is 5.92 Å². The molecular formula is C17H23N3O. The average molecular weight is 285 g/mol. The highest BCUT2D eigenvalue weighted by Gasteiger charge is 2.25. The number of nitrogens with one attached hydrogen (secondary N) is 1. The summed E-state index contributed by atoms with van der Waals surface area (Å²) in [6, 6.07) is 8.32. The molecule has 112 valence electrons. The first-order valence-corrected chi connectivity index (χ1v) is 7.66. The Morgan fingerprint density at radius 1 is 1.33 bits per heavy atom. The van der Waals surface area contributed by atoms with Crippen molar-refractivity contribution in [2.24, 2.45) is 0 Å². The lowest BCUT2D eigenvalue weighted by Crippen LogP contribution is -2.15. The third-order valence-electron chi connectivity index (χ3n) is 4.28. The SMILES string of the molecule is CCNCc1c(C)nn(CC2COc3ccccc32)c1C. The molecule has 0 spiro atoms. The number of aryl methyl sites for hydroxylation is 1. The standard InChI is InChI=1S/C17H23N3O/c1-4-18-9-16-12(2)19-20(13(16)3)10-14-11-21-17-8-6-5-7-15(14)17/h5-8,14,18H,4,9-11H2,1-3H3. The molecule has 21 heavy (non-hydrogen) atoms. The maximum atomic E-state index is 5.77. The van der Waals surface area contributed by atoms with E-state index >= 15 is 0 Å². The van der Waals surface area contributed by atoms with E-state index in [2.05, 4.69) is 42.9 Å². The Morgan fingerprint density at radius 3 is 2.95 bits per heavy atom. The van der Waals surface area contributed by atoms with E-state index < -0.39 is 0 Å². The molecule has 0 radical (unpaired) electrons. The number of ether oxygens (including phenoxy) is 1. The Hall–Kier alpha value is -1.81. The van der Waals surface area contributed by atoms with Crippen LogP contribution in [-0.2, 0) is 13.1 Å². The Morgan fingerprint density at radius 2 is 2.14 bits per heavy atom. The Labute approximate surface area is 126 Å². The minimum atomic E-state index is 0.395. The fourth-order valence-electron chi connectivity index (χ4n) is 3.01. The molecule has 0 saturated carbocycles. The van der Waals surface area contributed by atoms with Gasteiger partial charge in [0.05, 0.1) is 18.8 Å². The molecule has 1 aliphatic rings. The summed E-state index contributed by atoms with van der Waals surface area (Å²) < 4.78 is 7.91. The summed E-state index contributed by atoms with van der Waals surface area (Å²) >= 11 is 0. The lowest BCUT2D eigenvalue weighted by atomic mass is 10.0. The van der Waals surface area contributed by atoms with Crippen LogP contribution in [0.5, 0.6) is 5.75 Å². The predicted molar refractivity (Wildman–Crippen MR) is 83.8 cm³/mol. The molecule has 4 heteroatoms. The molecule has 2 heterocycles. The van der Waals surface area contributed by atoms with Gasteiger partial charge < -0.3 is 10.1 Å². The first kappa shape index (κ1) is 14.1. The fraction of sp³-hybridized carbons (Fsp3) is 0.471. The van der Waals surface area contributed by atoms with Crippen molar-refractivity contribution in [2.45, 2.75) is 39.8 Å². The molecule has 1 N–H and O–H groups in total. The normalized spacial score (nSPS) is 16.8. The zero-order valence-electron chi connectivity index (χ0n) is 13.0. The maximum Gasteiger partial charge on any atom is 0.122 e. The third-order valence-corrected chi connectivity index (χ3v) is 4.28. The lowest BCUT2D eigenvalue weighted by molar-refractivity contribution is 0.314. The van der Waals surface area contributed by atoms with Crippen LogP contribution in [0.2, 0.25) is 0 Å². The summed E-state index contributed by atoms with van der Waals surface area (Å²) in [5, 5.41) is 8.11. The lowest BCUT2D eigenvalue weighted by Gasteiger charge is -2.11. The number of hydrogen-bond acceptors (Lipinski definition) is 3. The summed E-state index contributed by atoms with van der Waals surface area (Å²) in [5.74, 6) is 1.42. The molecule has 1 unspecified atom stereocenters. The molecular weight excluding hydrogens is 262 g/mol. The second kappa shape index (κ2) is 5.90. The first-order chi connectivity index (χ1) is 10.2. The van der Waals surface area contributed by atoms with Crippen LogP contribution >= 0.6 is 0 Å². The molecule has 1 aromatic carbocycles. The van der Waals surface area contributed by atoms with E-state index in [-0.39, 0.29) is 0 Å². The molecule has 2 aromatic rings. The number of aromatic nitrogens is 2. The first-order valence-electron chi connectivity index (χ1n) is 7.66. The molecule has 0 bridgehead atoms. The molecule has 0 amide bonds. The smallest absolute Gasteiger partial charge is 0.122 e. The number of hydrogen-bond donors (Lipinski definition) is 1. The van der Waals surface area contributed by atoms with Crippen molar-refractivity contribution in [2.75, 3.05) is 13.2 Å². The summed E-state index contributed by atoms with van der Waals surface area (Å²) in [6.07, 6.45) is 0. The summed E-state index contributed by atoms with van der Waals surface area (Å²) in [5.41, 5.74) is 5.01. The minimum Gasteiger partial charge on any atom is -0.493 e.